The maximum absolute atomic E-state index is 14.0. The van der Waals surface area contributed by atoms with Gasteiger partial charge in [0.1, 0.15) is 11.6 Å². The number of rotatable bonds is 5. The van der Waals surface area contributed by atoms with Gasteiger partial charge < -0.3 is 15.2 Å². The van der Waals surface area contributed by atoms with Crippen LogP contribution in [0.1, 0.15) is 38.8 Å². The van der Waals surface area contributed by atoms with Gasteiger partial charge in [-0.05, 0) is 42.3 Å². The first-order valence-corrected chi connectivity index (χ1v) is 8.14. The van der Waals surface area contributed by atoms with Crippen molar-refractivity contribution in [1.82, 2.24) is 5.32 Å². The fourth-order valence-electron chi connectivity index (χ4n) is 3.02. The first-order valence-electron chi connectivity index (χ1n) is 8.14. The van der Waals surface area contributed by atoms with Crippen LogP contribution in [0.3, 0.4) is 0 Å². The van der Waals surface area contributed by atoms with Gasteiger partial charge in [0.25, 0.3) is 5.91 Å². The molecule has 0 aromatic heterocycles. The summed E-state index contributed by atoms with van der Waals surface area (Å²) in [5, 5.41) is 11.5. The zero-order valence-electron chi connectivity index (χ0n) is 13.7. The average Bonchev–Trinajstić information content (AvgIpc) is 3.08. The molecule has 1 saturated heterocycles. The van der Waals surface area contributed by atoms with E-state index in [9.17, 15) is 18.4 Å². The Labute approximate surface area is 148 Å². The number of hydrogen-bond acceptors (Lipinski definition) is 3. The van der Waals surface area contributed by atoms with Crippen LogP contribution in [0.4, 0.5) is 8.78 Å². The number of nitrogens with one attached hydrogen (secondary N) is 1. The van der Waals surface area contributed by atoms with E-state index in [0.29, 0.717) is 13.0 Å². The molecule has 0 radical (unpaired) electrons. The van der Waals surface area contributed by atoms with E-state index in [-0.39, 0.29) is 35.5 Å². The minimum Gasteiger partial charge on any atom is -0.478 e. The van der Waals surface area contributed by atoms with Gasteiger partial charge >= 0.3 is 5.97 Å². The summed E-state index contributed by atoms with van der Waals surface area (Å²) >= 11 is 0. The van der Waals surface area contributed by atoms with E-state index in [1.807, 2.05) is 0 Å². The monoisotopic (exact) mass is 361 g/mol. The summed E-state index contributed by atoms with van der Waals surface area (Å²) in [7, 11) is 0. The number of amides is 1. The van der Waals surface area contributed by atoms with Crippen molar-refractivity contribution in [2.24, 2.45) is 5.92 Å². The van der Waals surface area contributed by atoms with Crippen LogP contribution in [0.2, 0.25) is 0 Å². The van der Waals surface area contributed by atoms with Gasteiger partial charge in [0.05, 0.1) is 17.2 Å². The van der Waals surface area contributed by atoms with E-state index < -0.39 is 17.7 Å². The van der Waals surface area contributed by atoms with Gasteiger partial charge in [-0.3, -0.25) is 4.79 Å². The molecule has 1 fully saturated rings. The van der Waals surface area contributed by atoms with Gasteiger partial charge in [-0.25, -0.2) is 13.6 Å². The van der Waals surface area contributed by atoms with E-state index in [2.05, 4.69) is 5.32 Å². The number of carbonyl (C=O) groups excluding carboxylic acids is 1. The Hall–Kier alpha value is -2.80. The molecular weight excluding hydrogens is 344 g/mol. The quantitative estimate of drug-likeness (QED) is 0.858. The number of carboxylic acids is 1. The van der Waals surface area contributed by atoms with Crippen LogP contribution >= 0.6 is 0 Å². The Morgan fingerprint density at radius 3 is 2.54 bits per heavy atom. The largest absolute Gasteiger partial charge is 0.478 e. The molecule has 1 aliphatic heterocycles. The van der Waals surface area contributed by atoms with Crippen molar-refractivity contribution in [3.05, 3.63) is 70.8 Å². The van der Waals surface area contributed by atoms with E-state index in [1.165, 1.54) is 18.2 Å². The molecule has 2 aromatic carbocycles. The topological polar surface area (TPSA) is 75.6 Å². The summed E-state index contributed by atoms with van der Waals surface area (Å²) in [4.78, 5) is 23.0. The van der Waals surface area contributed by atoms with Crippen LogP contribution < -0.4 is 5.32 Å². The molecule has 7 heteroatoms. The highest BCUT2D eigenvalue weighted by Crippen LogP contribution is 2.34. The normalized spacial score (nSPS) is 19.3. The minimum atomic E-state index is -1.26. The lowest BCUT2D eigenvalue weighted by Gasteiger charge is -2.19. The van der Waals surface area contributed by atoms with Gasteiger partial charge in [-0.2, -0.15) is 0 Å². The summed E-state index contributed by atoms with van der Waals surface area (Å²) in [5.74, 6) is -3.13. The molecule has 2 N–H and O–H groups in total. The maximum Gasteiger partial charge on any atom is 0.335 e. The summed E-state index contributed by atoms with van der Waals surface area (Å²) in [6, 6.07) is 9.14. The molecule has 2 aromatic rings. The van der Waals surface area contributed by atoms with E-state index in [4.69, 9.17) is 9.84 Å². The minimum absolute atomic E-state index is 0.0224. The molecule has 2 atom stereocenters. The third-order valence-electron chi connectivity index (χ3n) is 4.40. The number of benzene rings is 2. The molecule has 1 heterocycles. The Bertz CT molecular complexity index is 823. The van der Waals surface area contributed by atoms with Crippen LogP contribution in [0.25, 0.3) is 0 Å². The number of hydrogen-bond donors (Lipinski definition) is 2. The highest BCUT2D eigenvalue weighted by molar-refractivity contribution is 5.96. The zero-order chi connectivity index (χ0) is 18.7. The molecule has 3 rings (SSSR count). The van der Waals surface area contributed by atoms with Gasteiger partial charge in [-0.1, -0.05) is 12.1 Å². The van der Waals surface area contributed by atoms with Crippen molar-refractivity contribution in [1.29, 1.82) is 0 Å². The molecule has 26 heavy (non-hydrogen) atoms. The second-order valence-corrected chi connectivity index (χ2v) is 6.10. The van der Waals surface area contributed by atoms with Gasteiger partial charge in [-0.15, -0.1) is 0 Å². The molecule has 5 nitrogen and oxygen atoms in total. The molecule has 136 valence electrons. The Morgan fingerprint density at radius 1 is 1.15 bits per heavy atom. The first kappa shape index (κ1) is 18.0. The molecular formula is C19H17F2NO4. The average molecular weight is 361 g/mol. The van der Waals surface area contributed by atoms with Crippen LogP contribution in [0.15, 0.2) is 42.5 Å². The van der Waals surface area contributed by atoms with Gasteiger partial charge in [0, 0.05) is 19.1 Å². The summed E-state index contributed by atoms with van der Waals surface area (Å²) in [6.45, 7) is 0.783. The summed E-state index contributed by atoms with van der Waals surface area (Å²) in [6.07, 6.45) is 0.443. The van der Waals surface area contributed by atoms with Crippen molar-refractivity contribution in [2.75, 3.05) is 13.2 Å². The molecule has 0 aliphatic carbocycles. The second-order valence-electron chi connectivity index (χ2n) is 6.10. The number of ether oxygens (including phenoxy) is 1. The predicted octanol–water partition coefficient (Wildman–Crippen LogP) is 3.17. The van der Waals surface area contributed by atoms with Gasteiger partial charge in [0.2, 0.25) is 0 Å². The molecule has 0 bridgehead atoms. The van der Waals surface area contributed by atoms with Crippen molar-refractivity contribution >= 4 is 11.9 Å². The molecule has 0 saturated carbocycles. The van der Waals surface area contributed by atoms with Crippen molar-refractivity contribution in [3.63, 3.8) is 0 Å². The molecule has 0 unspecified atom stereocenters. The molecule has 1 amide bonds. The lowest BCUT2D eigenvalue weighted by molar-refractivity contribution is 0.0695. The fraction of sp³-hybridized carbons (Fsp3) is 0.263. The predicted molar refractivity (Wildman–Crippen MR) is 88.9 cm³/mol. The molecule has 0 spiro atoms. The number of carboxylic acid groups (broad SMARTS) is 1. The van der Waals surface area contributed by atoms with E-state index in [1.54, 1.807) is 12.1 Å². The Kier molecular flexibility index (Phi) is 5.27. The maximum atomic E-state index is 14.0. The van der Waals surface area contributed by atoms with Gasteiger partial charge in [0.15, 0.2) is 0 Å². The SMILES string of the molecule is O=C(O)c1ccc(C(=O)NC[C@@H]2CCO[C@H]2c2ccc(F)cc2)c(F)c1. The van der Waals surface area contributed by atoms with Crippen LogP contribution in [-0.4, -0.2) is 30.1 Å². The van der Waals surface area contributed by atoms with E-state index in [0.717, 1.165) is 17.7 Å². The van der Waals surface area contributed by atoms with Crippen LogP contribution in [0.5, 0.6) is 0 Å². The lowest BCUT2D eigenvalue weighted by Crippen LogP contribution is -2.31. The third-order valence-corrected chi connectivity index (χ3v) is 4.40. The lowest BCUT2D eigenvalue weighted by atomic mass is 9.95. The summed E-state index contributed by atoms with van der Waals surface area (Å²) < 4.78 is 32.7. The highest BCUT2D eigenvalue weighted by Gasteiger charge is 2.30. The summed E-state index contributed by atoms with van der Waals surface area (Å²) in [5.41, 5.74) is 0.381. The van der Waals surface area contributed by atoms with Crippen molar-refractivity contribution in [3.8, 4) is 0 Å². The van der Waals surface area contributed by atoms with Crippen molar-refractivity contribution in [2.45, 2.75) is 12.5 Å². The molecule has 1 aliphatic rings. The smallest absolute Gasteiger partial charge is 0.335 e. The van der Waals surface area contributed by atoms with Crippen LogP contribution in [0, 0.1) is 17.6 Å². The Balaban J connectivity index is 1.65. The highest BCUT2D eigenvalue weighted by atomic mass is 19.1. The standard InChI is InChI=1S/C19H17F2NO4/c20-14-4-1-11(2-5-14)17-13(7-8-26-17)10-22-18(23)15-6-3-12(19(24)25)9-16(15)21/h1-6,9,13,17H,7-8,10H2,(H,22,23)(H,24,25)/t13-,17-/m0/s1. The second kappa shape index (κ2) is 7.61. The number of aromatic carboxylic acids is 1. The van der Waals surface area contributed by atoms with E-state index >= 15 is 0 Å². The fourth-order valence-corrected chi connectivity index (χ4v) is 3.02. The number of halogens is 2. The van der Waals surface area contributed by atoms with Crippen molar-refractivity contribution < 1.29 is 28.2 Å². The first-order chi connectivity index (χ1) is 12.5. The Morgan fingerprint density at radius 2 is 1.88 bits per heavy atom. The third kappa shape index (κ3) is 3.88. The zero-order valence-corrected chi connectivity index (χ0v) is 13.7. The van der Waals surface area contributed by atoms with Crippen LogP contribution in [-0.2, 0) is 4.74 Å². The number of carbonyl (C=O) groups is 2.